The van der Waals surface area contributed by atoms with Crippen LogP contribution < -0.4 is 5.73 Å². The highest BCUT2D eigenvalue weighted by Gasteiger charge is 2.21. The number of anilines is 1. The van der Waals surface area contributed by atoms with Crippen LogP contribution in [0.3, 0.4) is 0 Å². The smallest absolute Gasteiger partial charge is 0.254 e. The van der Waals surface area contributed by atoms with Crippen molar-refractivity contribution in [1.29, 1.82) is 0 Å². The van der Waals surface area contributed by atoms with Crippen molar-refractivity contribution >= 4 is 11.6 Å². The van der Waals surface area contributed by atoms with E-state index in [1.54, 1.807) is 11.0 Å². The Morgan fingerprint density at radius 2 is 1.72 bits per heavy atom. The zero-order chi connectivity index (χ0) is 14.0. The first-order valence-electron chi connectivity index (χ1n) is 6.39. The first kappa shape index (κ1) is 14.6. The van der Waals surface area contributed by atoms with E-state index in [2.05, 4.69) is 20.8 Å². The maximum absolute atomic E-state index is 12.4. The minimum absolute atomic E-state index is 0.0420. The summed E-state index contributed by atoms with van der Waals surface area (Å²) < 4.78 is 0. The van der Waals surface area contributed by atoms with Crippen molar-refractivity contribution < 1.29 is 4.79 Å². The van der Waals surface area contributed by atoms with Gasteiger partial charge in [0.1, 0.15) is 0 Å². The van der Waals surface area contributed by atoms with Gasteiger partial charge >= 0.3 is 0 Å². The molecule has 0 heterocycles. The van der Waals surface area contributed by atoms with Gasteiger partial charge in [-0.25, -0.2) is 0 Å². The first-order chi connectivity index (χ1) is 8.25. The minimum atomic E-state index is 0.0420. The Kier molecular flexibility index (Phi) is 4.38. The summed E-state index contributed by atoms with van der Waals surface area (Å²) in [5.74, 6) is 0.474. The summed E-state index contributed by atoms with van der Waals surface area (Å²) in [4.78, 5) is 14.2. The molecule has 1 atom stereocenters. The lowest BCUT2D eigenvalue weighted by molar-refractivity contribution is 0.0706. The van der Waals surface area contributed by atoms with Gasteiger partial charge in [0.25, 0.3) is 5.91 Å². The highest BCUT2D eigenvalue weighted by Crippen LogP contribution is 2.20. The van der Waals surface area contributed by atoms with Crippen LogP contribution in [0.25, 0.3) is 0 Å². The molecule has 1 rings (SSSR count). The quantitative estimate of drug-likeness (QED) is 0.836. The Morgan fingerprint density at radius 1 is 1.17 bits per heavy atom. The molecule has 0 aromatic heterocycles. The Bertz CT molecular complexity index is 452. The van der Waals surface area contributed by atoms with Crippen molar-refractivity contribution in [2.75, 3.05) is 12.8 Å². The van der Waals surface area contributed by atoms with Crippen molar-refractivity contribution in [3.05, 3.63) is 28.8 Å². The van der Waals surface area contributed by atoms with Crippen molar-refractivity contribution in [1.82, 2.24) is 4.90 Å². The summed E-state index contributed by atoms with van der Waals surface area (Å²) in [6.45, 7) is 10.2. The van der Waals surface area contributed by atoms with Gasteiger partial charge in [-0.05, 0) is 43.9 Å². The van der Waals surface area contributed by atoms with Crippen LogP contribution in [0.5, 0.6) is 0 Å². The molecule has 0 radical (unpaired) electrons. The van der Waals surface area contributed by atoms with Gasteiger partial charge in [-0.2, -0.15) is 0 Å². The number of hydrogen-bond donors (Lipinski definition) is 1. The molecular formula is C15H24N2O. The number of nitrogens with two attached hydrogens (primary N) is 1. The molecule has 0 spiro atoms. The van der Waals surface area contributed by atoms with Gasteiger partial charge < -0.3 is 10.6 Å². The molecule has 1 aromatic carbocycles. The van der Waals surface area contributed by atoms with Crippen molar-refractivity contribution in [2.45, 2.75) is 40.7 Å². The van der Waals surface area contributed by atoms with Gasteiger partial charge in [-0.3, -0.25) is 4.79 Å². The number of nitrogen functional groups attached to an aromatic ring is 1. The van der Waals surface area contributed by atoms with Gasteiger partial charge in [0.05, 0.1) is 0 Å². The molecule has 0 saturated carbocycles. The number of rotatable bonds is 3. The second kappa shape index (κ2) is 5.42. The fourth-order valence-electron chi connectivity index (χ4n) is 1.92. The highest BCUT2D eigenvalue weighted by molar-refractivity contribution is 5.96. The van der Waals surface area contributed by atoms with E-state index < -0.39 is 0 Å². The molecule has 2 N–H and O–H groups in total. The zero-order valence-electron chi connectivity index (χ0n) is 12.2. The molecule has 0 aliphatic carbocycles. The highest BCUT2D eigenvalue weighted by atomic mass is 16.2. The molecule has 0 fully saturated rings. The predicted molar refractivity (Wildman–Crippen MR) is 76.7 cm³/mol. The summed E-state index contributed by atoms with van der Waals surface area (Å²) in [6, 6.07) is 3.96. The summed E-state index contributed by atoms with van der Waals surface area (Å²) in [7, 11) is 1.85. The van der Waals surface area contributed by atoms with Crippen molar-refractivity contribution in [2.24, 2.45) is 5.92 Å². The Balaban J connectivity index is 3.08. The molecule has 1 amide bonds. The van der Waals surface area contributed by atoms with Crippen LogP contribution in [0.2, 0.25) is 0 Å². The van der Waals surface area contributed by atoms with E-state index in [9.17, 15) is 4.79 Å². The maximum Gasteiger partial charge on any atom is 0.254 e. The predicted octanol–water partition coefficient (Wildman–Crippen LogP) is 3.00. The van der Waals surface area contributed by atoms with Gasteiger partial charge in [0.15, 0.2) is 0 Å². The molecule has 0 saturated heterocycles. The van der Waals surface area contributed by atoms with Crippen molar-refractivity contribution in [3.8, 4) is 0 Å². The fraction of sp³-hybridized carbons (Fsp3) is 0.533. The Hall–Kier alpha value is -1.51. The number of hydrogen-bond acceptors (Lipinski definition) is 2. The summed E-state index contributed by atoms with van der Waals surface area (Å²) in [5, 5.41) is 0. The monoisotopic (exact) mass is 248 g/mol. The van der Waals surface area contributed by atoms with Crippen LogP contribution in [-0.4, -0.2) is 23.9 Å². The minimum Gasteiger partial charge on any atom is -0.398 e. The second-order valence-electron chi connectivity index (χ2n) is 5.42. The Morgan fingerprint density at radius 3 is 2.22 bits per heavy atom. The number of amides is 1. The van der Waals surface area contributed by atoms with Crippen molar-refractivity contribution in [3.63, 3.8) is 0 Å². The zero-order valence-corrected chi connectivity index (χ0v) is 12.2. The summed E-state index contributed by atoms with van der Waals surface area (Å²) in [5.41, 5.74) is 9.27. The average Bonchev–Trinajstić information content (AvgIpc) is 2.30. The van der Waals surface area contributed by atoms with Crippen LogP contribution >= 0.6 is 0 Å². The van der Waals surface area contributed by atoms with E-state index in [1.807, 2.05) is 27.0 Å². The molecule has 18 heavy (non-hydrogen) atoms. The van der Waals surface area contributed by atoms with E-state index in [4.69, 9.17) is 5.73 Å². The number of carbonyl (C=O) groups excluding carboxylic acids is 1. The number of benzene rings is 1. The van der Waals surface area contributed by atoms with E-state index in [1.165, 1.54) is 0 Å². The molecule has 100 valence electrons. The molecule has 1 aromatic rings. The van der Waals surface area contributed by atoms with Crippen LogP contribution in [-0.2, 0) is 0 Å². The fourth-order valence-corrected chi connectivity index (χ4v) is 1.92. The van der Waals surface area contributed by atoms with E-state index in [-0.39, 0.29) is 11.9 Å². The van der Waals surface area contributed by atoms with Gasteiger partial charge in [-0.15, -0.1) is 0 Å². The summed E-state index contributed by atoms with van der Waals surface area (Å²) in [6.07, 6.45) is 0. The van der Waals surface area contributed by atoms with Crippen LogP contribution in [0.15, 0.2) is 12.1 Å². The lowest BCUT2D eigenvalue weighted by Gasteiger charge is -2.28. The molecule has 0 bridgehead atoms. The molecule has 0 aliphatic heterocycles. The Labute approximate surface area is 110 Å². The van der Waals surface area contributed by atoms with Crippen LogP contribution in [0.1, 0.15) is 42.3 Å². The lowest BCUT2D eigenvalue weighted by atomic mass is 10.0. The SMILES string of the molecule is Cc1cc(C)c(C(=O)N(C)C(C)C(C)C)cc1N. The van der Waals surface area contributed by atoms with Crippen LogP contribution in [0, 0.1) is 19.8 Å². The number of carbonyl (C=O) groups is 1. The van der Waals surface area contributed by atoms with Gasteiger partial charge in [0.2, 0.25) is 0 Å². The molecule has 0 aliphatic rings. The first-order valence-corrected chi connectivity index (χ1v) is 6.39. The number of aryl methyl sites for hydroxylation is 2. The molecular weight excluding hydrogens is 224 g/mol. The van der Waals surface area contributed by atoms with Gasteiger partial charge in [-0.1, -0.05) is 19.9 Å². The lowest BCUT2D eigenvalue weighted by Crippen LogP contribution is -2.38. The van der Waals surface area contributed by atoms with E-state index in [0.717, 1.165) is 11.1 Å². The third kappa shape index (κ3) is 2.84. The molecule has 1 unspecified atom stereocenters. The third-order valence-corrected chi connectivity index (χ3v) is 3.74. The average molecular weight is 248 g/mol. The third-order valence-electron chi connectivity index (χ3n) is 3.74. The molecule has 3 nitrogen and oxygen atoms in total. The second-order valence-corrected chi connectivity index (χ2v) is 5.42. The topological polar surface area (TPSA) is 46.3 Å². The number of nitrogens with zero attached hydrogens (tertiary/aromatic N) is 1. The maximum atomic E-state index is 12.4. The largest absolute Gasteiger partial charge is 0.398 e. The van der Waals surface area contributed by atoms with Gasteiger partial charge in [0, 0.05) is 24.3 Å². The normalized spacial score (nSPS) is 12.6. The standard InChI is InChI=1S/C15H24N2O/c1-9(2)12(5)17(6)15(18)13-8-14(16)11(4)7-10(13)3/h7-9,12H,16H2,1-6H3. The molecule has 3 heteroatoms. The van der Waals surface area contributed by atoms with Crippen LogP contribution in [0.4, 0.5) is 5.69 Å². The summed E-state index contributed by atoms with van der Waals surface area (Å²) >= 11 is 0. The van der Waals surface area contributed by atoms with E-state index >= 15 is 0 Å². The van der Waals surface area contributed by atoms with E-state index in [0.29, 0.717) is 17.2 Å².